The minimum atomic E-state index is 0.805. The van der Waals surface area contributed by atoms with Crippen molar-refractivity contribution in [3.63, 3.8) is 0 Å². The molecular weight excluding hydrogens is 186 g/mol. The molecule has 0 saturated carbocycles. The van der Waals surface area contributed by atoms with Crippen molar-refractivity contribution in [2.45, 2.75) is 0 Å². The highest BCUT2D eigenvalue weighted by molar-refractivity contribution is 5.51. The second-order valence-corrected chi connectivity index (χ2v) is 3.18. The van der Waals surface area contributed by atoms with Crippen molar-refractivity contribution in [1.82, 2.24) is 0 Å². The predicted octanol–water partition coefficient (Wildman–Crippen LogP) is 2.87. The first kappa shape index (κ1) is 11.4. The summed E-state index contributed by atoms with van der Waals surface area (Å²) in [4.78, 5) is 2.17. The van der Waals surface area contributed by atoms with Crippen LogP contribution in [0.5, 0.6) is 5.75 Å². The average molecular weight is 203 g/mol. The largest absolute Gasteiger partial charge is 0.497 e. The van der Waals surface area contributed by atoms with E-state index in [1.165, 1.54) is 0 Å². The summed E-state index contributed by atoms with van der Waals surface area (Å²) in [7, 11) is 1.67. The Kier molecular flexibility index (Phi) is 4.48. The van der Waals surface area contributed by atoms with Crippen molar-refractivity contribution < 1.29 is 4.74 Å². The van der Waals surface area contributed by atoms with Crippen LogP contribution in [0.3, 0.4) is 0 Å². The molecule has 0 aliphatic rings. The highest BCUT2D eigenvalue weighted by Crippen LogP contribution is 2.20. The predicted molar refractivity (Wildman–Crippen MR) is 65.6 cm³/mol. The lowest BCUT2D eigenvalue weighted by molar-refractivity contribution is 0.415. The number of methoxy groups -OCH3 is 1. The number of rotatable bonds is 6. The SMILES string of the molecule is C=CCN(CC=C)c1cccc(OC)c1. The molecule has 80 valence electrons. The normalized spacial score (nSPS) is 9.40. The van der Waals surface area contributed by atoms with Gasteiger partial charge in [-0.1, -0.05) is 18.2 Å². The molecule has 0 unspecified atom stereocenters. The van der Waals surface area contributed by atoms with E-state index in [0.29, 0.717) is 0 Å². The molecule has 1 aromatic rings. The van der Waals surface area contributed by atoms with E-state index in [9.17, 15) is 0 Å². The molecule has 1 aromatic carbocycles. The van der Waals surface area contributed by atoms with Gasteiger partial charge in [-0.15, -0.1) is 13.2 Å². The number of anilines is 1. The molecule has 0 spiro atoms. The minimum absolute atomic E-state index is 0.805. The van der Waals surface area contributed by atoms with E-state index in [-0.39, 0.29) is 0 Å². The molecule has 0 aliphatic carbocycles. The van der Waals surface area contributed by atoms with Crippen LogP contribution >= 0.6 is 0 Å². The lowest BCUT2D eigenvalue weighted by Crippen LogP contribution is -2.22. The third kappa shape index (κ3) is 3.17. The molecule has 0 bridgehead atoms. The average Bonchev–Trinajstić information content (AvgIpc) is 2.29. The zero-order valence-electron chi connectivity index (χ0n) is 9.15. The Morgan fingerprint density at radius 3 is 2.47 bits per heavy atom. The number of hydrogen-bond donors (Lipinski definition) is 0. The molecule has 2 nitrogen and oxygen atoms in total. The molecule has 0 atom stereocenters. The smallest absolute Gasteiger partial charge is 0.120 e. The summed E-state index contributed by atoms with van der Waals surface area (Å²) >= 11 is 0. The van der Waals surface area contributed by atoms with Crippen molar-refractivity contribution in [2.24, 2.45) is 0 Å². The third-order valence-electron chi connectivity index (χ3n) is 2.12. The Bertz CT molecular complexity index is 323. The van der Waals surface area contributed by atoms with Gasteiger partial charge in [0, 0.05) is 24.8 Å². The van der Waals surface area contributed by atoms with Crippen molar-refractivity contribution >= 4 is 5.69 Å². The Balaban J connectivity index is 2.88. The number of ether oxygens (including phenoxy) is 1. The zero-order chi connectivity index (χ0) is 11.1. The van der Waals surface area contributed by atoms with Crippen LogP contribution in [0.1, 0.15) is 0 Å². The van der Waals surface area contributed by atoms with Gasteiger partial charge in [-0.2, -0.15) is 0 Å². The topological polar surface area (TPSA) is 12.5 Å². The van der Waals surface area contributed by atoms with Crippen molar-refractivity contribution in [1.29, 1.82) is 0 Å². The van der Waals surface area contributed by atoms with Crippen molar-refractivity contribution in [2.75, 3.05) is 25.1 Å². The first-order valence-electron chi connectivity index (χ1n) is 4.92. The molecular formula is C13H17NO. The molecule has 0 aliphatic heterocycles. The van der Waals surface area contributed by atoms with Crippen LogP contribution in [0.4, 0.5) is 5.69 Å². The van der Waals surface area contributed by atoms with Crippen LogP contribution in [-0.2, 0) is 0 Å². The quantitative estimate of drug-likeness (QED) is 0.659. The highest BCUT2D eigenvalue weighted by Gasteiger charge is 2.03. The lowest BCUT2D eigenvalue weighted by atomic mass is 10.2. The molecule has 1 rings (SSSR count). The Morgan fingerprint density at radius 1 is 1.27 bits per heavy atom. The second kappa shape index (κ2) is 5.91. The fourth-order valence-corrected chi connectivity index (χ4v) is 1.40. The summed E-state index contributed by atoms with van der Waals surface area (Å²) in [6.07, 6.45) is 3.76. The summed E-state index contributed by atoms with van der Waals surface area (Å²) in [5, 5.41) is 0. The second-order valence-electron chi connectivity index (χ2n) is 3.18. The Morgan fingerprint density at radius 2 is 1.93 bits per heavy atom. The fourth-order valence-electron chi connectivity index (χ4n) is 1.40. The van der Waals surface area contributed by atoms with Gasteiger partial charge in [-0.05, 0) is 12.1 Å². The van der Waals surface area contributed by atoms with Gasteiger partial charge in [0.1, 0.15) is 5.75 Å². The summed E-state index contributed by atoms with van der Waals surface area (Å²) in [6.45, 7) is 9.10. The van der Waals surface area contributed by atoms with Crippen molar-refractivity contribution in [3.8, 4) is 5.75 Å². The molecule has 0 heterocycles. The monoisotopic (exact) mass is 203 g/mol. The maximum Gasteiger partial charge on any atom is 0.120 e. The van der Waals surface area contributed by atoms with Gasteiger partial charge in [-0.3, -0.25) is 0 Å². The number of nitrogens with zero attached hydrogens (tertiary/aromatic N) is 1. The fraction of sp³-hybridized carbons (Fsp3) is 0.231. The summed E-state index contributed by atoms with van der Waals surface area (Å²) < 4.78 is 5.18. The first-order valence-corrected chi connectivity index (χ1v) is 4.92. The zero-order valence-corrected chi connectivity index (χ0v) is 9.15. The molecule has 2 heteroatoms. The van der Waals surface area contributed by atoms with Gasteiger partial charge in [-0.25, -0.2) is 0 Å². The van der Waals surface area contributed by atoms with Gasteiger partial charge in [0.15, 0.2) is 0 Å². The van der Waals surface area contributed by atoms with Gasteiger partial charge < -0.3 is 9.64 Å². The first-order chi connectivity index (χ1) is 7.31. The number of hydrogen-bond acceptors (Lipinski definition) is 2. The third-order valence-corrected chi connectivity index (χ3v) is 2.12. The minimum Gasteiger partial charge on any atom is -0.497 e. The van der Waals surface area contributed by atoms with Crippen LogP contribution in [0.2, 0.25) is 0 Å². The highest BCUT2D eigenvalue weighted by atomic mass is 16.5. The molecule has 15 heavy (non-hydrogen) atoms. The molecule has 0 radical (unpaired) electrons. The van der Waals surface area contributed by atoms with Crippen molar-refractivity contribution in [3.05, 3.63) is 49.6 Å². The van der Waals surface area contributed by atoms with E-state index < -0.39 is 0 Å². The Hall–Kier alpha value is -1.70. The Labute approximate surface area is 91.5 Å². The molecule has 0 amide bonds. The molecule has 0 aromatic heterocycles. The van der Waals surface area contributed by atoms with Crippen LogP contribution in [0.15, 0.2) is 49.6 Å². The summed E-state index contributed by atoms with van der Waals surface area (Å²) in [5.74, 6) is 0.866. The maximum absolute atomic E-state index is 5.18. The van der Waals surface area contributed by atoms with Crippen LogP contribution in [0.25, 0.3) is 0 Å². The standard InChI is InChI=1S/C13H17NO/c1-4-9-14(10-5-2)12-7-6-8-13(11-12)15-3/h4-8,11H,1-2,9-10H2,3H3. The van der Waals surface area contributed by atoms with Crippen LogP contribution in [0, 0.1) is 0 Å². The molecule has 0 saturated heterocycles. The molecule has 0 N–H and O–H groups in total. The van der Waals surface area contributed by atoms with E-state index in [2.05, 4.69) is 24.1 Å². The van der Waals surface area contributed by atoms with Crippen LogP contribution in [-0.4, -0.2) is 20.2 Å². The van der Waals surface area contributed by atoms with Gasteiger partial charge in [0.25, 0.3) is 0 Å². The summed E-state index contributed by atoms with van der Waals surface area (Å²) in [6, 6.07) is 7.97. The van der Waals surface area contributed by atoms with E-state index in [1.807, 2.05) is 30.4 Å². The van der Waals surface area contributed by atoms with E-state index in [1.54, 1.807) is 7.11 Å². The molecule has 0 fully saturated rings. The van der Waals surface area contributed by atoms with E-state index in [0.717, 1.165) is 24.5 Å². The van der Waals surface area contributed by atoms with Gasteiger partial charge in [0.05, 0.1) is 7.11 Å². The lowest BCUT2D eigenvalue weighted by Gasteiger charge is -2.21. The van der Waals surface area contributed by atoms with Crippen LogP contribution < -0.4 is 9.64 Å². The van der Waals surface area contributed by atoms with E-state index in [4.69, 9.17) is 4.74 Å². The number of benzene rings is 1. The van der Waals surface area contributed by atoms with E-state index >= 15 is 0 Å². The summed E-state index contributed by atoms with van der Waals surface area (Å²) in [5.41, 5.74) is 1.12. The van der Waals surface area contributed by atoms with Gasteiger partial charge in [0.2, 0.25) is 0 Å². The maximum atomic E-state index is 5.18. The van der Waals surface area contributed by atoms with Gasteiger partial charge >= 0.3 is 0 Å².